The number of phosphoric ester groups is 2. The second-order valence-corrected chi connectivity index (χ2v) is 26.6. The van der Waals surface area contributed by atoms with Gasteiger partial charge in [0.25, 0.3) is 0 Å². The van der Waals surface area contributed by atoms with Crippen molar-refractivity contribution in [3.05, 3.63) is 182 Å². The van der Waals surface area contributed by atoms with Gasteiger partial charge in [0, 0.05) is 25.7 Å². The lowest BCUT2D eigenvalue weighted by atomic mass is 10.1. The molecule has 0 aromatic rings. The maximum absolute atomic E-state index is 13.1. The first-order chi connectivity index (χ1) is 48.7. The van der Waals surface area contributed by atoms with E-state index in [2.05, 4.69) is 186 Å². The van der Waals surface area contributed by atoms with Crippen molar-refractivity contribution in [2.24, 2.45) is 0 Å². The van der Waals surface area contributed by atoms with Crippen LogP contribution in [0, 0.1) is 0 Å². The highest BCUT2D eigenvalue weighted by Crippen LogP contribution is 2.45. The largest absolute Gasteiger partial charge is 0.472 e. The van der Waals surface area contributed by atoms with E-state index in [-0.39, 0.29) is 25.7 Å². The quantitative estimate of drug-likeness (QED) is 0.0169. The van der Waals surface area contributed by atoms with Crippen LogP contribution in [-0.2, 0) is 65.4 Å². The molecule has 0 saturated heterocycles. The molecule has 17 nitrogen and oxygen atoms in total. The summed E-state index contributed by atoms with van der Waals surface area (Å²) in [5.41, 5.74) is 0. The second kappa shape index (κ2) is 71.6. The van der Waals surface area contributed by atoms with Gasteiger partial charge in [0.2, 0.25) is 0 Å². The molecule has 0 bridgehead atoms. The fourth-order valence-corrected chi connectivity index (χ4v) is 10.4. The Kier molecular flexibility index (Phi) is 67.4. The van der Waals surface area contributed by atoms with E-state index in [4.69, 9.17) is 37.0 Å². The maximum atomic E-state index is 13.1. The molecule has 5 atom stereocenters. The Bertz CT molecular complexity index is 2620. The van der Waals surface area contributed by atoms with Crippen LogP contribution in [-0.4, -0.2) is 96.7 Å². The number of allylic oxidation sites excluding steroid dienone is 30. The predicted molar refractivity (Wildman–Crippen MR) is 408 cm³/mol. The van der Waals surface area contributed by atoms with Crippen LogP contribution in [0.5, 0.6) is 0 Å². The van der Waals surface area contributed by atoms with Crippen LogP contribution >= 0.6 is 15.6 Å². The Morgan fingerprint density at radius 3 is 0.890 bits per heavy atom. The number of ether oxygens (including phenoxy) is 4. The van der Waals surface area contributed by atoms with E-state index in [9.17, 15) is 43.2 Å². The number of phosphoric acid groups is 2. The summed E-state index contributed by atoms with van der Waals surface area (Å²) in [7, 11) is -10.0. The van der Waals surface area contributed by atoms with Crippen molar-refractivity contribution in [1.29, 1.82) is 0 Å². The fourth-order valence-electron chi connectivity index (χ4n) is 8.79. The van der Waals surface area contributed by atoms with Crippen molar-refractivity contribution in [1.82, 2.24) is 0 Å². The van der Waals surface area contributed by atoms with Gasteiger partial charge in [-0.05, 0) is 161 Å². The number of unbranched alkanes of at least 4 members (excludes halogenated alkanes) is 11. The normalized spacial score (nSPS) is 15.0. The summed E-state index contributed by atoms with van der Waals surface area (Å²) in [6.45, 7) is 4.24. The molecule has 0 fully saturated rings. The van der Waals surface area contributed by atoms with Crippen LogP contribution in [0.2, 0.25) is 0 Å². The van der Waals surface area contributed by atoms with Crippen molar-refractivity contribution in [3.63, 3.8) is 0 Å². The number of rotatable bonds is 67. The van der Waals surface area contributed by atoms with Crippen molar-refractivity contribution in [2.75, 3.05) is 39.6 Å². The topological polar surface area (TPSA) is 237 Å². The molecule has 0 amide bonds. The second-order valence-electron chi connectivity index (χ2n) is 23.7. The fraction of sp³-hybridized carbons (Fsp3) is 0.580. The summed E-state index contributed by atoms with van der Waals surface area (Å²) in [5.74, 6) is -2.40. The number of carbonyl (C=O) groups is 4. The van der Waals surface area contributed by atoms with Gasteiger partial charge < -0.3 is 33.8 Å². The number of hydrogen-bond acceptors (Lipinski definition) is 15. The monoisotopic (exact) mass is 1430 g/mol. The Labute approximate surface area is 603 Å². The summed E-state index contributed by atoms with van der Waals surface area (Å²) >= 11 is 0. The van der Waals surface area contributed by atoms with E-state index in [0.717, 1.165) is 148 Å². The molecule has 19 heteroatoms. The average Bonchev–Trinajstić information content (AvgIpc) is 0.953. The lowest BCUT2D eigenvalue weighted by molar-refractivity contribution is -0.161. The lowest BCUT2D eigenvalue weighted by Gasteiger charge is -2.21. The summed E-state index contributed by atoms with van der Waals surface area (Å²) in [6, 6.07) is 0. The Hall–Kier alpha value is -5.84. The summed E-state index contributed by atoms with van der Waals surface area (Å²) in [6.07, 6.45) is 85.0. The minimum absolute atomic E-state index is 0.0246. The number of hydrogen-bond donors (Lipinski definition) is 3. The molecule has 0 aromatic carbocycles. The van der Waals surface area contributed by atoms with Crippen LogP contribution < -0.4 is 0 Å². The highest BCUT2D eigenvalue weighted by molar-refractivity contribution is 7.47. The molecule has 100 heavy (non-hydrogen) atoms. The van der Waals surface area contributed by atoms with Gasteiger partial charge in [-0.3, -0.25) is 37.3 Å². The molecule has 0 aliphatic heterocycles. The van der Waals surface area contributed by atoms with Crippen molar-refractivity contribution in [3.8, 4) is 0 Å². The van der Waals surface area contributed by atoms with Crippen LogP contribution in [0.25, 0.3) is 0 Å². The molecule has 0 saturated carbocycles. The smallest absolute Gasteiger partial charge is 0.462 e. The summed E-state index contributed by atoms with van der Waals surface area (Å²) in [4.78, 5) is 72.7. The van der Waals surface area contributed by atoms with E-state index in [1.807, 2.05) is 24.3 Å². The minimum atomic E-state index is -5.01. The van der Waals surface area contributed by atoms with Gasteiger partial charge in [0.1, 0.15) is 19.3 Å². The zero-order valence-electron chi connectivity index (χ0n) is 61.3. The Balaban J connectivity index is 5.48. The molecule has 0 heterocycles. The highest BCUT2D eigenvalue weighted by Gasteiger charge is 2.30. The average molecular weight is 1440 g/mol. The van der Waals surface area contributed by atoms with Crippen molar-refractivity contribution >= 4 is 39.5 Å². The molecule has 0 rings (SSSR count). The first-order valence-electron chi connectivity index (χ1n) is 37.0. The van der Waals surface area contributed by atoms with E-state index in [1.165, 1.54) is 6.42 Å². The molecule has 5 unspecified atom stereocenters. The van der Waals surface area contributed by atoms with Gasteiger partial charge in [-0.25, -0.2) is 9.13 Å². The van der Waals surface area contributed by atoms with Gasteiger partial charge in [-0.2, -0.15) is 0 Å². The zero-order valence-corrected chi connectivity index (χ0v) is 63.1. The summed E-state index contributed by atoms with van der Waals surface area (Å²) in [5, 5.41) is 10.6. The number of aliphatic hydroxyl groups excluding tert-OH is 1. The third-order valence-corrected chi connectivity index (χ3v) is 16.3. The first-order valence-corrected chi connectivity index (χ1v) is 40.0. The highest BCUT2D eigenvalue weighted by atomic mass is 31.2. The zero-order chi connectivity index (χ0) is 73.2. The third-order valence-electron chi connectivity index (χ3n) is 14.4. The molecular formula is C81H128O17P2. The van der Waals surface area contributed by atoms with Crippen LogP contribution in [0.4, 0.5) is 0 Å². The van der Waals surface area contributed by atoms with Gasteiger partial charge in [-0.15, -0.1) is 0 Å². The molecule has 3 N–H and O–H groups in total. The maximum Gasteiger partial charge on any atom is 0.472 e. The Morgan fingerprint density at radius 2 is 0.540 bits per heavy atom. The molecule has 0 aliphatic carbocycles. The van der Waals surface area contributed by atoms with Crippen LogP contribution in [0.15, 0.2) is 182 Å². The minimum Gasteiger partial charge on any atom is -0.462 e. The lowest BCUT2D eigenvalue weighted by Crippen LogP contribution is -2.30. The first kappa shape index (κ1) is 94.2. The van der Waals surface area contributed by atoms with Crippen LogP contribution in [0.1, 0.15) is 246 Å². The molecule has 0 aliphatic rings. The van der Waals surface area contributed by atoms with E-state index < -0.39 is 97.5 Å². The predicted octanol–water partition coefficient (Wildman–Crippen LogP) is 21.2. The molecule has 0 spiro atoms. The van der Waals surface area contributed by atoms with Gasteiger partial charge in [0.05, 0.1) is 26.4 Å². The summed E-state index contributed by atoms with van der Waals surface area (Å²) < 4.78 is 68.2. The standard InChI is InChI=1S/C81H128O17P2/c1-5-9-13-17-21-25-29-32-35-36-37-38-41-43-47-50-54-58-62-66-79(84)91-71-76(97-80(85)67-63-59-55-51-45-28-24-20-16-12-8-4)73-95-99(87,88)93-69-75(82)70-94-100(89,90)96-74-77(98-81(86)68-64-60-56-52-48-44-40-34-31-27-23-19-15-11-7-3)72-92-78(83)65-61-57-53-49-46-42-39-33-30-26-22-18-14-10-6-2/h9-11,13-15,20-27,32-35,37-40,43,46-49,52,54,58,75-77,82H,5-8,12,16-19,28-31,36,41-42,44-45,50-51,53,55-57,59-74H2,1-4H3,(H,87,88)(H,89,90)/b13-9-,14-10-,15-11-,24-20-,25-21-,26-22-,27-23-,35-32-,38-37-,39-33-,40-34-,47-43-,49-46-,52-48-,58-54-. The Morgan fingerprint density at radius 1 is 0.290 bits per heavy atom. The molecule has 564 valence electrons. The number of esters is 4. The number of carbonyl (C=O) groups excluding carboxylic acids is 4. The van der Waals surface area contributed by atoms with E-state index in [1.54, 1.807) is 0 Å². The SMILES string of the molecule is CC/C=C\C/C=C\C/C=C\C/C=C\C/C=C\C/C=C\CCC(=O)OCC(COP(=O)(O)OCC(O)COP(=O)(O)OCC(COC(=O)CCCC/C=C\C/C=C\C/C=C\C/C=C\CC)OC(=O)CCCC/C=C\C/C=C\C/C=C\C/C=C\CC)OC(=O)CCCCCCC/C=C\CCCC. The third kappa shape index (κ3) is 70.6. The van der Waals surface area contributed by atoms with Gasteiger partial charge in [0.15, 0.2) is 12.2 Å². The molecule has 0 radical (unpaired) electrons. The van der Waals surface area contributed by atoms with Crippen LogP contribution in [0.3, 0.4) is 0 Å². The molecular weight excluding hydrogens is 1310 g/mol. The van der Waals surface area contributed by atoms with Crippen molar-refractivity contribution < 1.29 is 80.2 Å². The van der Waals surface area contributed by atoms with E-state index in [0.29, 0.717) is 38.5 Å². The van der Waals surface area contributed by atoms with E-state index >= 15 is 0 Å². The van der Waals surface area contributed by atoms with Gasteiger partial charge in [-0.1, -0.05) is 242 Å². The van der Waals surface area contributed by atoms with Gasteiger partial charge >= 0.3 is 39.5 Å². The molecule has 0 aromatic heterocycles. The van der Waals surface area contributed by atoms with Crippen molar-refractivity contribution in [2.45, 2.75) is 264 Å². The number of aliphatic hydroxyl groups is 1.